The van der Waals surface area contributed by atoms with Gasteiger partial charge in [-0.05, 0) is 18.6 Å². The van der Waals surface area contributed by atoms with Crippen LogP contribution in [0.1, 0.15) is 12.0 Å². The van der Waals surface area contributed by atoms with E-state index in [0.29, 0.717) is 13.0 Å². The zero-order chi connectivity index (χ0) is 12.6. The Morgan fingerprint density at radius 2 is 1.94 bits per heavy atom. The summed E-state index contributed by atoms with van der Waals surface area (Å²) in [5, 5.41) is 0. The third-order valence-electron chi connectivity index (χ3n) is 2.64. The summed E-state index contributed by atoms with van der Waals surface area (Å²) < 4.78 is 38.3. The van der Waals surface area contributed by atoms with E-state index in [0.717, 1.165) is 6.07 Å². The fraction of sp³-hybridized carbons (Fsp3) is 0.364. The average molecular weight is 308 g/mol. The van der Waals surface area contributed by atoms with Crippen LogP contribution in [0, 0.1) is 0 Å². The molecule has 1 aliphatic rings. The molecule has 0 aliphatic carbocycles. The second-order valence-corrected chi connectivity index (χ2v) is 4.87. The Morgan fingerprint density at radius 1 is 1.29 bits per heavy atom. The summed E-state index contributed by atoms with van der Waals surface area (Å²) in [5.74, 6) is -0.318. The van der Waals surface area contributed by atoms with Gasteiger partial charge < -0.3 is 4.90 Å². The van der Waals surface area contributed by atoms with Crippen molar-refractivity contribution < 1.29 is 18.0 Å². The Labute approximate surface area is 105 Å². The van der Waals surface area contributed by atoms with Gasteiger partial charge in [-0.1, -0.05) is 28.1 Å². The topological polar surface area (TPSA) is 20.3 Å². The molecule has 92 valence electrons. The Morgan fingerprint density at radius 3 is 2.47 bits per heavy atom. The Kier molecular flexibility index (Phi) is 3.16. The van der Waals surface area contributed by atoms with Crippen LogP contribution in [0.2, 0.25) is 0 Å². The fourth-order valence-corrected chi connectivity index (χ4v) is 2.29. The van der Waals surface area contributed by atoms with E-state index in [1.807, 2.05) is 0 Å². The molecule has 1 aromatic rings. The van der Waals surface area contributed by atoms with Gasteiger partial charge in [0.1, 0.15) is 0 Å². The molecule has 1 atom stereocenters. The predicted molar refractivity (Wildman–Crippen MR) is 61.1 cm³/mol. The van der Waals surface area contributed by atoms with Gasteiger partial charge in [0.15, 0.2) is 0 Å². The lowest BCUT2D eigenvalue weighted by molar-refractivity contribution is -0.137. The number of hydrogen-bond donors (Lipinski definition) is 0. The minimum absolute atomic E-state index is 0.0630. The zero-order valence-electron chi connectivity index (χ0n) is 8.67. The highest BCUT2D eigenvalue weighted by atomic mass is 79.9. The Hall–Kier alpha value is -1.04. The molecule has 1 saturated heterocycles. The first-order chi connectivity index (χ1) is 7.91. The minimum Gasteiger partial charge on any atom is -0.311 e. The quantitative estimate of drug-likeness (QED) is 0.730. The van der Waals surface area contributed by atoms with Crippen LogP contribution in [-0.2, 0) is 11.0 Å². The van der Waals surface area contributed by atoms with Crippen LogP contribution in [0.25, 0.3) is 0 Å². The van der Waals surface area contributed by atoms with Crippen LogP contribution in [0.4, 0.5) is 18.9 Å². The number of carbonyl (C=O) groups is 1. The predicted octanol–water partition coefficient (Wildman–Crippen LogP) is 3.21. The number of hydrogen-bond acceptors (Lipinski definition) is 1. The molecule has 2 nitrogen and oxygen atoms in total. The third kappa shape index (κ3) is 2.31. The van der Waals surface area contributed by atoms with Crippen LogP contribution >= 0.6 is 15.9 Å². The van der Waals surface area contributed by atoms with Crippen molar-refractivity contribution >= 4 is 27.5 Å². The van der Waals surface area contributed by atoms with Crippen molar-refractivity contribution in [1.29, 1.82) is 0 Å². The van der Waals surface area contributed by atoms with E-state index >= 15 is 0 Å². The molecule has 0 bridgehead atoms. The van der Waals surface area contributed by atoms with E-state index in [1.165, 1.54) is 23.1 Å². The molecule has 0 N–H and O–H groups in total. The van der Waals surface area contributed by atoms with Crippen molar-refractivity contribution in [1.82, 2.24) is 0 Å². The van der Waals surface area contributed by atoms with Gasteiger partial charge in [0.2, 0.25) is 5.91 Å². The van der Waals surface area contributed by atoms with Gasteiger partial charge in [0, 0.05) is 6.54 Å². The van der Waals surface area contributed by atoms with Gasteiger partial charge in [-0.25, -0.2) is 0 Å². The van der Waals surface area contributed by atoms with Crippen molar-refractivity contribution in [2.24, 2.45) is 0 Å². The summed E-state index contributed by atoms with van der Waals surface area (Å²) in [6, 6.07) is 5.13. The molecule has 1 heterocycles. The van der Waals surface area contributed by atoms with E-state index in [1.54, 1.807) is 0 Å². The van der Waals surface area contributed by atoms with Crippen LogP contribution in [0.15, 0.2) is 24.3 Å². The van der Waals surface area contributed by atoms with Crippen molar-refractivity contribution in [2.75, 3.05) is 11.4 Å². The molecule has 1 aliphatic heterocycles. The molecular formula is C11H9BrF3NO. The number of alkyl halides is 4. The first-order valence-corrected chi connectivity index (χ1v) is 5.94. The second-order valence-electron chi connectivity index (χ2n) is 3.76. The van der Waals surface area contributed by atoms with Gasteiger partial charge in [0.05, 0.1) is 16.1 Å². The molecule has 1 fully saturated rings. The molecule has 1 aromatic carbocycles. The highest BCUT2D eigenvalue weighted by Crippen LogP contribution is 2.38. The number of rotatable bonds is 1. The number of nitrogens with zero attached hydrogens (tertiary/aromatic N) is 1. The molecule has 0 saturated carbocycles. The summed E-state index contributed by atoms with van der Waals surface area (Å²) in [6.07, 6.45) is -3.92. The van der Waals surface area contributed by atoms with Crippen molar-refractivity contribution in [3.05, 3.63) is 29.8 Å². The van der Waals surface area contributed by atoms with Gasteiger partial charge in [0.25, 0.3) is 0 Å². The Bertz CT molecular complexity index is 447. The number of anilines is 1. The van der Waals surface area contributed by atoms with Gasteiger partial charge in [-0.2, -0.15) is 13.2 Å². The molecule has 0 aromatic heterocycles. The van der Waals surface area contributed by atoms with Crippen LogP contribution in [0.3, 0.4) is 0 Å². The SMILES string of the molecule is O=C1C(Br)CCN1c1ccccc1C(F)(F)F. The molecule has 1 unspecified atom stereocenters. The van der Waals surface area contributed by atoms with E-state index in [2.05, 4.69) is 15.9 Å². The summed E-state index contributed by atoms with van der Waals surface area (Å²) in [7, 11) is 0. The summed E-state index contributed by atoms with van der Waals surface area (Å²) >= 11 is 3.14. The molecule has 2 rings (SSSR count). The van der Waals surface area contributed by atoms with Crippen molar-refractivity contribution in [2.45, 2.75) is 17.4 Å². The van der Waals surface area contributed by atoms with Gasteiger partial charge in [-0.15, -0.1) is 0 Å². The highest BCUT2D eigenvalue weighted by Gasteiger charge is 2.38. The largest absolute Gasteiger partial charge is 0.418 e. The maximum absolute atomic E-state index is 12.8. The van der Waals surface area contributed by atoms with Crippen molar-refractivity contribution in [3.63, 3.8) is 0 Å². The van der Waals surface area contributed by atoms with Gasteiger partial charge >= 0.3 is 6.18 Å². The zero-order valence-corrected chi connectivity index (χ0v) is 10.3. The first-order valence-electron chi connectivity index (χ1n) is 5.03. The number of benzene rings is 1. The molecular weight excluding hydrogens is 299 g/mol. The Balaban J connectivity index is 2.43. The maximum Gasteiger partial charge on any atom is 0.418 e. The van der Waals surface area contributed by atoms with E-state index < -0.39 is 11.7 Å². The third-order valence-corrected chi connectivity index (χ3v) is 3.49. The molecule has 0 radical (unpaired) electrons. The highest BCUT2D eigenvalue weighted by molar-refractivity contribution is 9.10. The first kappa shape index (κ1) is 12.4. The molecule has 0 spiro atoms. The van der Waals surface area contributed by atoms with Crippen LogP contribution in [0.5, 0.6) is 0 Å². The van der Waals surface area contributed by atoms with Crippen LogP contribution in [-0.4, -0.2) is 17.3 Å². The van der Waals surface area contributed by atoms with Gasteiger partial charge in [-0.3, -0.25) is 4.79 Å². The number of carbonyl (C=O) groups excluding carboxylic acids is 1. The lowest BCUT2D eigenvalue weighted by Crippen LogP contribution is -2.29. The maximum atomic E-state index is 12.8. The average Bonchev–Trinajstić information content (AvgIpc) is 2.59. The normalized spacial score (nSPS) is 21.1. The number of halogens is 4. The second kappa shape index (κ2) is 4.33. The molecule has 17 heavy (non-hydrogen) atoms. The molecule has 1 amide bonds. The number of amides is 1. The summed E-state index contributed by atoms with van der Waals surface area (Å²) in [5.41, 5.74) is -0.832. The van der Waals surface area contributed by atoms with Crippen molar-refractivity contribution in [3.8, 4) is 0 Å². The van der Waals surface area contributed by atoms with E-state index in [4.69, 9.17) is 0 Å². The monoisotopic (exact) mass is 307 g/mol. The van der Waals surface area contributed by atoms with Crippen LogP contribution < -0.4 is 4.90 Å². The van der Waals surface area contributed by atoms with E-state index in [9.17, 15) is 18.0 Å². The standard InChI is InChI=1S/C11H9BrF3NO/c12-8-5-6-16(10(8)17)9-4-2-1-3-7(9)11(13,14)15/h1-4,8H,5-6H2. The minimum atomic E-state index is -4.44. The lowest BCUT2D eigenvalue weighted by atomic mass is 10.1. The number of para-hydroxylation sites is 1. The smallest absolute Gasteiger partial charge is 0.311 e. The fourth-order valence-electron chi connectivity index (χ4n) is 1.83. The summed E-state index contributed by atoms with van der Waals surface area (Å²) in [6.45, 7) is 0.307. The lowest BCUT2D eigenvalue weighted by Gasteiger charge is -2.21. The molecule has 6 heteroatoms. The summed E-state index contributed by atoms with van der Waals surface area (Å²) in [4.78, 5) is 12.5. The van der Waals surface area contributed by atoms with E-state index in [-0.39, 0.29) is 16.4 Å².